The van der Waals surface area contributed by atoms with E-state index in [4.69, 9.17) is 15.3 Å². The molecule has 2 heterocycles. The Morgan fingerprint density at radius 1 is 0.800 bits per heavy atom. The van der Waals surface area contributed by atoms with Crippen LogP contribution in [0.15, 0.2) is 56.5 Å². The van der Waals surface area contributed by atoms with Gasteiger partial charge in [-0.1, -0.05) is 64.0 Å². The average molecular weight is 754 g/mol. The highest BCUT2D eigenvalue weighted by Crippen LogP contribution is 2.35. The summed E-state index contributed by atoms with van der Waals surface area (Å²) in [6.07, 6.45) is 1.84. The molecule has 0 aromatic heterocycles. The molecule has 5 atom stereocenters. The van der Waals surface area contributed by atoms with Crippen LogP contribution >= 0.6 is 12.4 Å². The number of hydrogen-bond donors (Lipinski definition) is 2. The second-order valence-corrected chi connectivity index (χ2v) is 18.2. The maximum absolute atomic E-state index is 14.0. The average Bonchev–Trinajstić information content (AvgIpc) is 3.04. The van der Waals surface area contributed by atoms with Crippen LogP contribution in [0, 0.1) is 29.6 Å². The van der Waals surface area contributed by atoms with Crippen molar-refractivity contribution in [3.63, 3.8) is 0 Å². The topological polar surface area (TPSA) is 181 Å². The first-order valence-corrected chi connectivity index (χ1v) is 19.6. The number of carbonyl (C=O) groups excluding carboxylic acids is 1. The van der Waals surface area contributed by atoms with Gasteiger partial charge in [0.2, 0.25) is 20.0 Å². The van der Waals surface area contributed by atoms with Crippen molar-refractivity contribution in [2.45, 2.75) is 70.2 Å². The minimum absolute atomic E-state index is 0. The number of rotatable bonds is 9. The van der Waals surface area contributed by atoms with Crippen LogP contribution in [0.5, 0.6) is 0 Å². The lowest BCUT2D eigenvalue weighted by atomic mass is 9.83. The van der Waals surface area contributed by atoms with Crippen LogP contribution in [-0.2, 0) is 34.4 Å². The van der Waals surface area contributed by atoms with Crippen molar-refractivity contribution in [1.29, 1.82) is 0 Å². The van der Waals surface area contributed by atoms with Crippen molar-refractivity contribution in [2.24, 2.45) is 45.6 Å². The van der Waals surface area contributed by atoms with Gasteiger partial charge in [-0.15, -0.1) is 12.4 Å². The third-order valence-electron chi connectivity index (χ3n) is 9.45. The first kappa shape index (κ1) is 39.7. The largest absolute Gasteiger partial charge is 0.425 e. The quantitative estimate of drug-likeness (QED) is 0.106. The lowest BCUT2D eigenvalue weighted by molar-refractivity contribution is -0.158. The number of oxime groups is 2. The Hall–Kier alpha value is -3.08. The number of carbonyl (C=O) groups is 1. The second-order valence-electron chi connectivity index (χ2n) is 14.3. The first-order chi connectivity index (χ1) is 23.0. The molecule has 0 bridgehead atoms. The molecule has 1 aliphatic carbocycles. The van der Waals surface area contributed by atoms with Crippen molar-refractivity contribution in [3.8, 4) is 0 Å². The van der Waals surface area contributed by atoms with E-state index in [0.717, 1.165) is 12.8 Å². The van der Waals surface area contributed by atoms with E-state index in [9.17, 15) is 26.8 Å². The maximum Gasteiger partial charge on any atom is 0.326 e. The van der Waals surface area contributed by atoms with Crippen molar-refractivity contribution < 1.29 is 36.4 Å². The molecule has 0 radical (unpaired) electrons. The zero-order chi connectivity index (χ0) is 35.8. The molecule has 16 heteroatoms. The molecule has 276 valence electrons. The predicted molar refractivity (Wildman–Crippen MR) is 191 cm³/mol. The summed E-state index contributed by atoms with van der Waals surface area (Å²) in [7, 11) is -7.90. The third kappa shape index (κ3) is 8.02. The monoisotopic (exact) mass is 753 g/mol. The van der Waals surface area contributed by atoms with Gasteiger partial charge < -0.3 is 20.5 Å². The summed E-state index contributed by atoms with van der Waals surface area (Å²) in [5.74, 6) is -0.145. The van der Waals surface area contributed by atoms with Crippen LogP contribution in [0.3, 0.4) is 0 Å². The third-order valence-corrected chi connectivity index (χ3v) is 13.1. The molecule has 50 heavy (non-hydrogen) atoms. The van der Waals surface area contributed by atoms with Gasteiger partial charge in [0.15, 0.2) is 0 Å². The molecule has 3 aliphatic rings. The molecule has 13 nitrogen and oxygen atoms in total. The number of esters is 1. The Bertz CT molecular complexity index is 1740. The minimum atomic E-state index is -3.95. The van der Waals surface area contributed by atoms with Crippen LogP contribution in [0.25, 0.3) is 0 Å². The van der Waals surface area contributed by atoms with Gasteiger partial charge in [-0.3, -0.25) is 4.79 Å². The van der Waals surface area contributed by atoms with E-state index >= 15 is 0 Å². The smallest absolute Gasteiger partial charge is 0.326 e. The summed E-state index contributed by atoms with van der Waals surface area (Å²) in [6, 6.07) is 7.97. The van der Waals surface area contributed by atoms with Gasteiger partial charge >= 0.3 is 5.97 Å². The first-order valence-electron chi connectivity index (χ1n) is 16.7. The molecular weight excluding hydrogens is 706 g/mol. The zero-order valence-electron chi connectivity index (χ0n) is 29.3. The Kier molecular flexibility index (Phi) is 12.4. The fourth-order valence-electron chi connectivity index (χ4n) is 7.11. The summed E-state index contributed by atoms with van der Waals surface area (Å²) in [6.45, 7) is 12.5. The highest BCUT2D eigenvalue weighted by atomic mass is 35.5. The van der Waals surface area contributed by atoms with E-state index in [1.165, 1.54) is 45.0 Å². The normalized spacial score (nSPS) is 23.7. The number of fused-ring (bicyclic) bond motifs is 2. The molecule has 0 amide bonds. The Morgan fingerprint density at radius 3 is 1.60 bits per heavy atom. The number of ether oxygens (including phenoxy) is 1. The highest BCUT2D eigenvalue weighted by Gasteiger charge is 2.37. The molecule has 5 rings (SSSR count). The molecule has 0 saturated carbocycles. The zero-order valence-corrected chi connectivity index (χ0v) is 31.7. The summed E-state index contributed by atoms with van der Waals surface area (Å²) in [5, 5.41) is 18.0. The lowest BCUT2D eigenvalue weighted by Crippen LogP contribution is -2.42. The molecule has 2 aromatic carbocycles. The van der Waals surface area contributed by atoms with Gasteiger partial charge in [-0.05, 0) is 66.7 Å². The van der Waals surface area contributed by atoms with E-state index < -0.39 is 38.9 Å². The number of nitrogens with two attached hydrogens (primary N) is 1. The van der Waals surface area contributed by atoms with Crippen molar-refractivity contribution in [1.82, 2.24) is 8.61 Å². The lowest BCUT2D eigenvalue weighted by Gasteiger charge is -2.34. The summed E-state index contributed by atoms with van der Waals surface area (Å²) >= 11 is 0. The maximum atomic E-state index is 14.0. The summed E-state index contributed by atoms with van der Waals surface area (Å²) < 4.78 is 63.9. The van der Waals surface area contributed by atoms with Crippen LogP contribution in [0.2, 0.25) is 0 Å². The van der Waals surface area contributed by atoms with E-state index in [1.54, 1.807) is 13.8 Å². The predicted octanol–water partition coefficient (Wildman–Crippen LogP) is 4.23. The fourth-order valence-corrected chi connectivity index (χ4v) is 10.5. The number of hydrogen-bond acceptors (Lipinski definition) is 11. The number of piperidine rings is 2. The number of benzene rings is 2. The second kappa shape index (κ2) is 15.7. The molecule has 3 N–H and O–H groups in total. The number of nitrogens with zero attached hydrogens (tertiary/aromatic N) is 4. The van der Waals surface area contributed by atoms with Gasteiger partial charge in [-0.2, -0.15) is 8.61 Å². The van der Waals surface area contributed by atoms with E-state index in [-0.39, 0.29) is 74.3 Å². The Labute approximate surface area is 301 Å². The van der Waals surface area contributed by atoms with Crippen molar-refractivity contribution >= 4 is 49.8 Å². The molecule has 1 unspecified atom stereocenters. The Morgan fingerprint density at radius 2 is 1.22 bits per heavy atom. The highest BCUT2D eigenvalue weighted by molar-refractivity contribution is 7.89. The SMILES string of the molecule is CC(C)C(N)C(=O)OCON=C1c2cc(S(=O)(=O)N3C[C@H](C)C[C@H](C)C3)ccc2C(=NO)c2ccc(S(=O)(=O)N3C[C@H](C)C[C@H](C)C3)cc21.Cl. The van der Waals surface area contributed by atoms with Gasteiger partial charge in [0, 0.05) is 48.4 Å². The van der Waals surface area contributed by atoms with Gasteiger partial charge in [0.1, 0.15) is 17.5 Å². The summed E-state index contributed by atoms with van der Waals surface area (Å²) in [4.78, 5) is 17.8. The van der Waals surface area contributed by atoms with Gasteiger partial charge in [0.05, 0.1) is 9.79 Å². The molecule has 0 spiro atoms. The molecule has 2 saturated heterocycles. The van der Waals surface area contributed by atoms with E-state index in [1.807, 2.05) is 27.7 Å². The van der Waals surface area contributed by atoms with Crippen LogP contribution in [0.1, 0.15) is 76.6 Å². The van der Waals surface area contributed by atoms with E-state index in [0.29, 0.717) is 37.3 Å². The minimum Gasteiger partial charge on any atom is -0.425 e. The van der Waals surface area contributed by atoms with Crippen molar-refractivity contribution in [2.75, 3.05) is 33.0 Å². The van der Waals surface area contributed by atoms with E-state index in [2.05, 4.69) is 10.3 Å². The number of sulfonamides is 2. The summed E-state index contributed by atoms with van der Waals surface area (Å²) in [5.41, 5.74) is 7.25. The Balaban J connectivity index is 0.00000562. The van der Waals surface area contributed by atoms with Gasteiger partial charge in [-0.25, -0.2) is 16.8 Å². The molecule has 2 aromatic rings. The van der Waals surface area contributed by atoms with Crippen molar-refractivity contribution in [3.05, 3.63) is 58.7 Å². The fraction of sp³-hybridized carbons (Fsp3) is 0.559. The van der Waals surface area contributed by atoms with Crippen LogP contribution in [-0.4, -0.2) is 87.1 Å². The standard InChI is InChI=1S/C34H47N5O8S2.ClH/c1-20(2)31(35)34(40)46-19-47-37-33-29-13-25(48(42,43)38-15-21(3)11-22(4)16-38)7-9-27(29)32(36-41)28-10-8-26(14-30(28)33)49(44,45)39-17-23(5)12-24(6)18-39;/h7-10,13-14,20-24,31,41H,11-12,15-19,35H2,1-6H3;1H/t21-,22+,23-,24+,31?;. The van der Waals surface area contributed by atoms with Gasteiger partial charge in [0.25, 0.3) is 6.79 Å². The molecule has 2 aliphatic heterocycles. The van der Waals surface area contributed by atoms with Crippen LogP contribution < -0.4 is 5.73 Å². The number of halogens is 1. The van der Waals surface area contributed by atoms with Crippen LogP contribution in [0.4, 0.5) is 0 Å². The molecule has 2 fully saturated rings. The molecular formula is C34H48ClN5O8S2.